The second-order valence-corrected chi connectivity index (χ2v) is 6.78. The predicted molar refractivity (Wildman–Crippen MR) is 77.7 cm³/mol. The quantitative estimate of drug-likeness (QED) is 0.829. The van der Waals surface area contributed by atoms with Crippen LogP contribution in [0.15, 0.2) is 0 Å². The molecule has 106 valence electrons. The van der Waals surface area contributed by atoms with E-state index in [0.29, 0.717) is 5.54 Å². The minimum absolute atomic E-state index is 0.323. The summed E-state index contributed by atoms with van der Waals surface area (Å²) in [5.41, 5.74) is 6.47. The van der Waals surface area contributed by atoms with E-state index in [4.69, 9.17) is 5.73 Å². The van der Waals surface area contributed by atoms with Crippen molar-refractivity contribution in [3.63, 3.8) is 0 Å². The molecule has 3 heteroatoms. The number of piperazine rings is 1. The highest BCUT2D eigenvalue weighted by Crippen LogP contribution is 2.39. The summed E-state index contributed by atoms with van der Waals surface area (Å²) in [6, 6.07) is 0. The van der Waals surface area contributed by atoms with Crippen LogP contribution in [0.2, 0.25) is 0 Å². The number of nitrogens with zero attached hydrogens (tertiary/aromatic N) is 2. The molecular weight excluding hydrogens is 222 g/mol. The van der Waals surface area contributed by atoms with Gasteiger partial charge in [0.1, 0.15) is 0 Å². The molecule has 1 heterocycles. The Morgan fingerprint density at radius 3 is 2.33 bits per heavy atom. The van der Waals surface area contributed by atoms with Crippen molar-refractivity contribution in [2.75, 3.05) is 39.3 Å². The van der Waals surface area contributed by atoms with Crippen molar-refractivity contribution in [1.29, 1.82) is 0 Å². The molecule has 1 saturated heterocycles. The highest BCUT2D eigenvalue weighted by atomic mass is 15.3. The first-order chi connectivity index (χ1) is 8.58. The lowest BCUT2D eigenvalue weighted by molar-refractivity contribution is 0.0138. The molecule has 1 saturated carbocycles. The fourth-order valence-corrected chi connectivity index (χ4v) is 4.02. The highest BCUT2D eigenvalue weighted by Gasteiger charge is 2.44. The van der Waals surface area contributed by atoms with Crippen molar-refractivity contribution in [3.05, 3.63) is 0 Å². The predicted octanol–water partition coefficient (Wildman–Crippen LogP) is 1.78. The van der Waals surface area contributed by atoms with Crippen LogP contribution in [0.3, 0.4) is 0 Å². The van der Waals surface area contributed by atoms with Gasteiger partial charge in [0, 0.05) is 44.8 Å². The van der Waals surface area contributed by atoms with Gasteiger partial charge in [0.25, 0.3) is 0 Å². The summed E-state index contributed by atoms with van der Waals surface area (Å²) in [7, 11) is 0. The Morgan fingerprint density at radius 2 is 1.89 bits per heavy atom. The number of hydrogen-bond donors (Lipinski definition) is 1. The van der Waals surface area contributed by atoms with Gasteiger partial charge >= 0.3 is 0 Å². The van der Waals surface area contributed by atoms with Crippen LogP contribution in [0.5, 0.6) is 0 Å². The van der Waals surface area contributed by atoms with Gasteiger partial charge < -0.3 is 10.6 Å². The second kappa shape index (κ2) is 5.89. The first-order valence-corrected chi connectivity index (χ1v) is 7.76. The molecule has 0 amide bonds. The standard InChI is InChI=1S/C15H31N3/c1-13(2)11-17-7-9-18(10-8-17)15(12-16)6-4-5-14(15)3/h13-14H,4-12,16H2,1-3H3. The lowest BCUT2D eigenvalue weighted by atomic mass is 9.85. The molecule has 2 rings (SSSR count). The number of rotatable bonds is 4. The van der Waals surface area contributed by atoms with Gasteiger partial charge in [-0.15, -0.1) is 0 Å². The van der Waals surface area contributed by atoms with Crippen LogP contribution in [0, 0.1) is 11.8 Å². The maximum atomic E-state index is 6.15. The molecule has 0 aromatic carbocycles. The van der Waals surface area contributed by atoms with Crippen LogP contribution in [0.25, 0.3) is 0 Å². The zero-order valence-electron chi connectivity index (χ0n) is 12.5. The molecule has 2 atom stereocenters. The summed E-state index contributed by atoms with van der Waals surface area (Å²) < 4.78 is 0. The zero-order chi connectivity index (χ0) is 13.2. The Hall–Kier alpha value is -0.120. The van der Waals surface area contributed by atoms with Crippen molar-refractivity contribution >= 4 is 0 Å². The van der Waals surface area contributed by atoms with E-state index < -0.39 is 0 Å². The fraction of sp³-hybridized carbons (Fsp3) is 1.00. The molecule has 2 aliphatic rings. The van der Waals surface area contributed by atoms with E-state index in [1.807, 2.05) is 0 Å². The van der Waals surface area contributed by atoms with Crippen molar-refractivity contribution in [2.45, 2.75) is 45.6 Å². The third-order valence-corrected chi connectivity index (χ3v) is 5.14. The molecule has 0 spiro atoms. The monoisotopic (exact) mass is 253 g/mol. The first kappa shape index (κ1) is 14.3. The van der Waals surface area contributed by atoms with Crippen molar-refractivity contribution in [3.8, 4) is 0 Å². The van der Waals surface area contributed by atoms with E-state index in [1.165, 1.54) is 52.0 Å². The van der Waals surface area contributed by atoms with E-state index in [9.17, 15) is 0 Å². The molecular formula is C15H31N3. The van der Waals surface area contributed by atoms with Crippen LogP contribution in [-0.4, -0.2) is 54.6 Å². The molecule has 0 aromatic heterocycles. The average molecular weight is 253 g/mol. The number of nitrogens with two attached hydrogens (primary N) is 1. The molecule has 1 aliphatic carbocycles. The lowest BCUT2D eigenvalue weighted by Gasteiger charge is -2.48. The van der Waals surface area contributed by atoms with E-state index in [-0.39, 0.29) is 0 Å². The minimum Gasteiger partial charge on any atom is -0.329 e. The third kappa shape index (κ3) is 2.73. The highest BCUT2D eigenvalue weighted by molar-refractivity contribution is 5.01. The van der Waals surface area contributed by atoms with Gasteiger partial charge in [-0.1, -0.05) is 27.2 Å². The molecule has 2 fully saturated rings. The Labute approximate surface area is 113 Å². The summed E-state index contributed by atoms with van der Waals surface area (Å²) in [6.07, 6.45) is 4.04. The van der Waals surface area contributed by atoms with Crippen molar-refractivity contribution in [1.82, 2.24) is 9.80 Å². The van der Waals surface area contributed by atoms with Crippen molar-refractivity contribution < 1.29 is 0 Å². The smallest absolute Gasteiger partial charge is 0.0358 e. The normalized spacial score (nSPS) is 35.5. The average Bonchev–Trinajstić information content (AvgIpc) is 2.72. The van der Waals surface area contributed by atoms with E-state index in [0.717, 1.165) is 18.4 Å². The van der Waals surface area contributed by atoms with Gasteiger partial charge in [0.2, 0.25) is 0 Å². The van der Waals surface area contributed by atoms with Gasteiger partial charge in [0.15, 0.2) is 0 Å². The van der Waals surface area contributed by atoms with Gasteiger partial charge in [0.05, 0.1) is 0 Å². The summed E-state index contributed by atoms with van der Waals surface area (Å²) in [6.45, 7) is 14.0. The molecule has 2 N–H and O–H groups in total. The SMILES string of the molecule is CC(C)CN1CCN(C2(CN)CCCC2C)CC1. The Morgan fingerprint density at radius 1 is 1.22 bits per heavy atom. The summed E-state index contributed by atoms with van der Waals surface area (Å²) in [5.74, 6) is 1.56. The second-order valence-electron chi connectivity index (χ2n) is 6.78. The largest absolute Gasteiger partial charge is 0.329 e. The van der Waals surface area contributed by atoms with Crippen LogP contribution in [0.4, 0.5) is 0 Å². The Balaban J connectivity index is 1.92. The fourth-order valence-electron chi connectivity index (χ4n) is 4.02. The minimum atomic E-state index is 0.323. The first-order valence-electron chi connectivity index (χ1n) is 7.76. The molecule has 0 bridgehead atoms. The molecule has 0 radical (unpaired) electrons. The maximum Gasteiger partial charge on any atom is 0.0358 e. The maximum absolute atomic E-state index is 6.15. The van der Waals surface area contributed by atoms with E-state index in [1.54, 1.807) is 0 Å². The zero-order valence-corrected chi connectivity index (χ0v) is 12.5. The van der Waals surface area contributed by atoms with Crippen LogP contribution >= 0.6 is 0 Å². The summed E-state index contributed by atoms with van der Waals surface area (Å²) >= 11 is 0. The summed E-state index contributed by atoms with van der Waals surface area (Å²) in [4.78, 5) is 5.33. The van der Waals surface area contributed by atoms with Gasteiger partial charge in [-0.3, -0.25) is 4.90 Å². The van der Waals surface area contributed by atoms with Gasteiger partial charge in [-0.05, 0) is 24.7 Å². The Bertz CT molecular complexity index is 258. The van der Waals surface area contributed by atoms with Gasteiger partial charge in [-0.2, -0.15) is 0 Å². The van der Waals surface area contributed by atoms with Crippen LogP contribution < -0.4 is 5.73 Å². The molecule has 1 aliphatic heterocycles. The molecule has 18 heavy (non-hydrogen) atoms. The Kier molecular flexibility index (Phi) is 4.68. The van der Waals surface area contributed by atoms with Crippen molar-refractivity contribution in [2.24, 2.45) is 17.6 Å². The lowest BCUT2D eigenvalue weighted by Crippen LogP contribution is -2.61. The van der Waals surface area contributed by atoms with Crippen LogP contribution in [0.1, 0.15) is 40.0 Å². The van der Waals surface area contributed by atoms with E-state index >= 15 is 0 Å². The van der Waals surface area contributed by atoms with E-state index in [2.05, 4.69) is 30.6 Å². The molecule has 0 aromatic rings. The third-order valence-electron chi connectivity index (χ3n) is 5.14. The number of hydrogen-bond acceptors (Lipinski definition) is 3. The molecule has 3 nitrogen and oxygen atoms in total. The molecule has 2 unspecified atom stereocenters. The van der Waals surface area contributed by atoms with Gasteiger partial charge in [-0.25, -0.2) is 0 Å². The summed E-state index contributed by atoms with van der Waals surface area (Å²) in [5, 5.41) is 0. The van der Waals surface area contributed by atoms with Crippen LogP contribution in [-0.2, 0) is 0 Å². The topological polar surface area (TPSA) is 32.5 Å².